The van der Waals surface area contributed by atoms with Crippen molar-refractivity contribution in [3.63, 3.8) is 0 Å². The number of benzene rings is 2. The van der Waals surface area contributed by atoms with E-state index >= 15 is 0 Å². The van der Waals surface area contributed by atoms with E-state index in [4.69, 9.17) is 32.7 Å². The molecule has 0 bridgehead atoms. The van der Waals surface area contributed by atoms with E-state index in [1.807, 2.05) is 6.07 Å². The zero-order valence-electron chi connectivity index (χ0n) is 23.0. The van der Waals surface area contributed by atoms with E-state index in [9.17, 15) is 9.90 Å². The minimum Gasteiger partial charge on any atom is -0.489 e. The van der Waals surface area contributed by atoms with Gasteiger partial charge in [0.25, 0.3) is 0 Å². The summed E-state index contributed by atoms with van der Waals surface area (Å²) in [6, 6.07) is 12.5. The maximum absolute atomic E-state index is 11.5. The van der Waals surface area contributed by atoms with Crippen LogP contribution in [0.5, 0.6) is 5.75 Å². The van der Waals surface area contributed by atoms with Crippen LogP contribution in [0, 0.1) is 5.92 Å². The van der Waals surface area contributed by atoms with E-state index in [2.05, 4.69) is 43.4 Å². The lowest BCUT2D eigenvalue weighted by Crippen LogP contribution is -2.49. The van der Waals surface area contributed by atoms with Crippen LogP contribution in [-0.4, -0.2) is 42.5 Å². The normalized spacial score (nSPS) is 14.4. The molecule has 0 fully saturated rings. The third-order valence-corrected chi connectivity index (χ3v) is 8.73. The first-order valence-electron chi connectivity index (χ1n) is 14.1. The molecule has 2 N–H and O–H groups in total. The van der Waals surface area contributed by atoms with Gasteiger partial charge >= 0.3 is 5.97 Å². The molecule has 3 rings (SSSR count). The number of β-amino-alcohol motifs (C(OH)–C–C–N with tert-alkyl or cyclic N) is 1. The molecule has 1 atom stereocenters. The van der Waals surface area contributed by atoms with Crippen molar-refractivity contribution in [2.75, 3.05) is 19.8 Å². The molecule has 210 valence electrons. The monoisotopic (exact) mass is 563 g/mol. The number of aliphatic hydroxyl groups is 1. The van der Waals surface area contributed by atoms with Crippen LogP contribution >= 0.6 is 23.2 Å². The van der Waals surface area contributed by atoms with Gasteiger partial charge in [-0.2, -0.15) is 0 Å². The van der Waals surface area contributed by atoms with Crippen LogP contribution in [0.3, 0.4) is 0 Å². The third-order valence-electron chi connectivity index (χ3n) is 7.82. The average Bonchev–Trinajstić information content (AvgIpc) is 3.33. The summed E-state index contributed by atoms with van der Waals surface area (Å²) in [5.74, 6) is 0.914. The van der Waals surface area contributed by atoms with Gasteiger partial charge in [-0.3, -0.25) is 4.79 Å². The summed E-state index contributed by atoms with van der Waals surface area (Å²) in [5, 5.41) is 15.2. The van der Waals surface area contributed by atoms with Crippen molar-refractivity contribution in [2.24, 2.45) is 5.92 Å². The zero-order chi connectivity index (χ0) is 27.5. The Morgan fingerprint density at radius 2 is 1.74 bits per heavy atom. The molecule has 0 amide bonds. The molecule has 2 aromatic carbocycles. The lowest BCUT2D eigenvalue weighted by atomic mass is 9.81. The quantitative estimate of drug-likeness (QED) is 0.170. The van der Waals surface area contributed by atoms with E-state index in [0.29, 0.717) is 47.7 Å². The highest BCUT2D eigenvalue weighted by atomic mass is 35.5. The fourth-order valence-corrected chi connectivity index (χ4v) is 5.97. The van der Waals surface area contributed by atoms with Crippen LogP contribution in [0.1, 0.15) is 76.0 Å². The van der Waals surface area contributed by atoms with Gasteiger partial charge in [0.2, 0.25) is 0 Å². The molecular weight excluding hydrogens is 521 g/mol. The van der Waals surface area contributed by atoms with Crippen molar-refractivity contribution < 1.29 is 19.4 Å². The van der Waals surface area contributed by atoms with Gasteiger partial charge in [-0.05, 0) is 87.0 Å². The second-order valence-corrected chi connectivity index (χ2v) is 11.2. The number of unbranched alkanes of at least 4 members (excludes halogenated alkanes) is 1. The molecule has 0 saturated carbocycles. The fourth-order valence-electron chi connectivity index (χ4n) is 5.48. The Kier molecular flexibility index (Phi) is 12.2. The van der Waals surface area contributed by atoms with Gasteiger partial charge in [0.15, 0.2) is 0 Å². The first-order chi connectivity index (χ1) is 18.3. The Labute approximate surface area is 238 Å². The van der Waals surface area contributed by atoms with Crippen molar-refractivity contribution in [2.45, 2.75) is 90.2 Å². The summed E-state index contributed by atoms with van der Waals surface area (Å²) in [7, 11) is 0. The second-order valence-electron chi connectivity index (χ2n) is 10.4. The number of rotatable bonds is 16. The first-order valence-corrected chi connectivity index (χ1v) is 14.8. The molecule has 0 unspecified atom stereocenters. The highest BCUT2D eigenvalue weighted by Crippen LogP contribution is 2.36. The number of esters is 1. The Morgan fingerprint density at radius 3 is 2.37 bits per heavy atom. The molecule has 1 aliphatic carbocycles. The smallest absolute Gasteiger partial charge is 0.305 e. The van der Waals surface area contributed by atoms with Crippen molar-refractivity contribution in [1.82, 2.24) is 5.32 Å². The molecule has 7 heteroatoms. The van der Waals surface area contributed by atoms with Gasteiger partial charge < -0.3 is 19.9 Å². The molecule has 0 aliphatic heterocycles. The van der Waals surface area contributed by atoms with Gasteiger partial charge in [0.1, 0.15) is 23.5 Å². The largest absolute Gasteiger partial charge is 0.489 e. The van der Waals surface area contributed by atoms with Gasteiger partial charge in [0.05, 0.1) is 11.6 Å². The first kappa shape index (κ1) is 30.7. The van der Waals surface area contributed by atoms with Gasteiger partial charge in [-0.15, -0.1) is 0 Å². The highest BCUT2D eigenvalue weighted by Gasteiger charge is 2.32. The summed E-state index contributed by atoms with van der Waals surface area (Å²) >= 11 is 13.0. The van der Waals surface area contributed by atoms with E-state index in [-0.39, 0.29) is 18.1 Å². The topological polar surface area (TPSA) is 67.8 Å². The van der Waals surface area contributed by atoms with Crippen molar-refractivity contribution in [3.8, 4) is 5.75 Å². The number of hydrogen-bond acceptors (Lipinski definition) is 5. The molecule has 5 nitrogen and oxygen atoms in total. The third kappa shape index (κ3) is 8.61. The average molecular weight is 565 g/mol. The molecule has 1 aliphatic rings. The number of ether oxygens (including phenoxy) is 2. The Balaban J connectivity index is 1.46. The minimum atomic E-state index is -0.675. The van der Waals surface area contributed by atoms with Crippen molar-refractivity contribution in [3.05, 3.63) is 63.1 Å². The molecule has 0 spiro atoms. The Morgan fingerprint density at radius 1 is 1.05 bits per heavy atom. The second kappa shape index (κ2) is 15.1. The molecule has 0 aromatic heterocycles. The fraction of sp³-hybridized carbons (Fsp3) is 0.581. The summed E-state index contributed by atoms with van der Waals surface area (Å²) < 4.78 is 10.8. The Bertz CT molecular complexity index is 1020. The number of hydrogen-bond donors (Lipinski definition) is 2. The van der Waals surface area contributed by atoms with Gasteiger partial charge in [-0.25, -0.2) is 0 Å². The number of nitrogens with one attached hydrogen (secondary N) is 1. The van der Waals surface area contributed by atoms with Crippen molar-refractivity contribution in [1.29, 1.82) is 0 Å². The number of carbonyl (C=O) groups excluding carboxylic acids is 1. The summed E-state index contributed by atoms with van der Waals surface area (Å²) in [6.45, 7) is 7.23. The van der Waals surface area contributed by atoms with Crippen LogP contribution in [0.15, 0.2) is 36.4 Å². The minimum absolute atomic E-state index is 0.0103. The number of fused-ring (bicyclic) bond motifs is 1. The summed E-state index contributed by atoms with van der Waals surface area (Å²) in [6.07, 6.45) is 7.34. The number of halogens is 2. The molecule has 0 saturated heterocycles. The van der Waals surface area contributed by atoms with Crippen LogP contribution in [0.2, 0.25) is 10.0 Å². The van der Waals surface area contributed by atoms with E-state index in [0.717, 1.165) is 50.5 Å². The number of aliphatic hydroxyl groups excluding tert-OH is 1. The maximum Gasteiger partial charge on any atom is 0.305 e. The Hall–Kier alpha value is -1.79. The standard InChI is InChI=1S/C31H43Cl2NO4/c1-4-31(5-2,19-22-17-24-12-7-8-13-25(24)18-22)34-20-26(35)21-38-27-16-15-23(29(32)30(27)33)11-9-10-14-28(36)37-6-3/h7-8,12-13,15-16,22,26,34-35H,4-6,9-11,14,17-21H2,1-3H3/t26-/m1/s1. The number of aryl methyl sites for hydroxylation is 1. The predicted octanol–water partition coefficient (Wildman–Crippen LogP) is 6.96. The lowest BCUT2D eigenvalue weighted by Gasteiger charge is -2.36. The van der Waals surface area contributed by atoms with Gasteiger partial charge in [0, 0.05) is 18.5 Å². The molecule has 2 aromatic rings. The predicted molar refractivity (Wildman–Crippen MR) is 155 cm³/mol. The molecular formula is C31H43Cl2NO4. The number of carbonyl (C=O) groups is 1. The van der Waals surface area contributed by atoms with E-state index in [1.165, 1.54) is 11.1 Å². The van der Waals surface area contributed by atoms with E-state index in [1.54, 1.807) is 13.0 Å². The molecule has 0 radical (unpaired) electrons. The molecule has 0 heterocycles. The van der Waals surface area contributed by atoms with Crippen LogP contribution < -0.4 is 10.1 Å². The zero-order valence-corrected chi connectivity index (χ0v) is 24.5. The summed E-state index contributed by atoms with van der Waals surface area (Å²) in [5.41, 5.74) is 3.86. The SMILES string of the molecule is CCOC(=O)CCCCc1ccc(OC[C@H](O)CNC(CC)(CC)CC2Cc3ccccc3C2)c(Cl)c1Cl. The molecule has 38 heavy (non-hydrogen) atoms. The van der Waals surface area contributed by atoms with Crippen LogP contribution in [-0.2, 0) is 28.8 Å². The maximum atomic E-state index is 11.5. The van der Waals surface area contributed by atoms with Crippen molar-refractivity contribution >= 4 is 29.2 Å². The van der Waals surface area contributed by atoms with Gasteiger partial charge in [-0.1, -0.05) is 67.4 Å². The summed E-state index contributed by atoms with van der Waals surface area (Å²) in [4.78, 5) is 11.5. The highest BCUT2D eigenvalue weighted by molar-refractivity contribution is 6.43. The lowest BCUT2D eigenvalue weighted by molar-refractivity contribution is -0.143. The van der Waals surface area contributed by atoms with Crippen LogP contribution in [0.4, 0.5) is 0 Å². The van der Waals surface area contributed by atoms with E-state index < -0.39 is 6.10 Å². The van der Waals surface area contributed by atoms with Crippen LogP contribution in [0.25, 0.3) is 0 Å².